The number of hydrogen-bond donors (Lipinski definition) is 1. The van der Waals surface area contributed by atoms with Gasteiger partial charge in [-0.3, -0.25) is 9.48 Å². The second-order valence-electron chi connectivity index (χ2n) is 7.04. The molecule has 0 aliphatic rings. The largest absolute Gasteiger partial charge is 0.479 e. The molecule has 0 unspecified atom stereocenters. The molecule has 4 heterocycles. The number of anilines is 1. The van der Waals surface area contributed by atoms with Gasteiger partial charge in [-0.05, 0) is 6.07 Å². The number of aryl methyl sites for hydroxylation is 1. The van der Waals surface area contributed by atoms with E-state index < -0.39 is 11.7 Å². The summed E-state index contributed by atoms with van der Waals surface area (Å²) in [4.78, 5) is 23.7. The topological polar surface area (TPSA) is 99.8 Å². The predicted molar refractivity (Wildman–Crippen MR) is 109 cm³/mol. The zero-order valence-electron chi connectivity index (χ0n) is 17.2. The molecule has 160 valence electrons. The van der Waals surface area contributed by atoms with Crippen molar-refractivity contribution in [3.05, 3.63) is 42.6 Å². The first-order chi connectivity index (χ1) is 14.7. The molecule has 4 aromatic rings. The minimum absolute atomic E-state index is 0.224. The van der Waals surface area contributed by atoms with Crippen molar-refractivity contribution in [1.82, 2.24) is 29.3 Å². The van der Waals surface area contributed by atoms with Crippen LogP contribution < -0.4 is 10.1 Å². The van der Waals surface area contributed by atoms with Crippen molar-refractivity contribution in [3.8, 4) is 23.0 Å². The normalized spacial score (nSPS) is 11.7. The number of amides is 1. The second-order valence-corrected chi connectivity index (χ2v) is 7.04. The smallest absolute Gasteiger partial charge is 0.303 e. The maximum atomic E-state index is 14.2. The van der Waals surface area contributed by atoms with Gasteiger partial charge >= 0.3 is 5.92 Å². The average molecular weight is 427 g/mol. The third kappa shape index (κ3) is 3.93. The zero-order valence-corrected chi connectivity index (χ0v) is 17.2. The van der Waals surface area contributed by atoms with Crippen molar-refractivity contribution in [2.24, 2.45) is 7.05 Å². The molecular formula is C20H19F2N7O2. The first-order valence-electron chi connectivity index (χ1n) is 9.26. The molecule has 1 N–H and O–H groups in total. The average Bonchev–Trinajstić information content (AvgIpc) is 3.29. The van der Waals surface area contributed by atoms with Crippen LogP contribution in [0.2, 0.25) is 0 Å². The molecular weight excluding hydrogens is 408 g/mol. The number of carbonyl (C=O) groups excluding carboxylic acids is 1. The Bertz CT molecular complexity index is 1290. The Morgan fingerprint density at radius 3 is 2.71 bits per heavy atom. The molecule has 1 amide bonds. The third-order valence-electron chi connectivity index (χ3n) is 4.50. The number of fused-ring (bicyclic) bond motifs is 1. The summed E-state index contributed by atoms with van der Waals surface area (Å²) in [7, 11) is 3.14. The third-order valence-corrected chi connectivity index (χ3v) is 4.50. The first-order valence-corrected chi connectivity index (χ1v) is 9.26. The van der Waals surface area contributed by atoms with Crippen molar-refractivity contribution >= 4 is 22.6 Å². The van der Waals surface area contributed by atoms with Gasteiger partial charge in [-0.25, -0.2) is 15.0 Å². The highest BCUT2D eigenvalue weighted by Gasteiger charge is 2.30. The molecule has 31 heavy (non-hydrogen) atoms. The number of carbonyl (C=O) groups is 1. The molecule has 9 nitrogen and oxygen atoms in total. The molecule has 4 aromatic heterocycles. The van der Waals surface area contributed by atoms with Crippen LogP contribution in [0.25, 0.3) is 28.0 Å². The summed E-state index contributed by atoms with van der Waals surface area (Å²) in [5.41, 5.74) is 1.33. The van der Waals surface area contributed by atoms with Crippen LogP contribution in [-0.4, -0.2) is 42.3 Å². The first kappa shape index (κ1) is 20.4. The molecule has 0 saturated heterocycles. The van der Waals surface area contributed by atoms with Gasteiger partial charge in [0.05, 0.1) is 23.9 Å². The van der Waals surface area contributed by atoms with Crippen LogP contribution in [0.15, 0.2) is 36.8 Å². The molecule has 0 aliphatic carbocycles. The molecule has 0 radical (unpaired) electrons. The summed E-state index contributed by atoms with van der Waals surface area (Å²) in [6.45, 7) is 2.11. The number of pyridine rings is 1. The van der Waals surface area contributed by atoms with E-state index in [9.17, 15) is 13.6 Å². The lowest BCUT2D eigenvalue weighted by Crippen LogP contribution is -2.15. The highest BCUT2D eigenvalue weighted by Crippen LogP contribution is 2.32. The Morgan fingerprint density at radius 1 is 1.26 bits per heavy atom. The Balaban J connectivity index is 1.93. The summed E-state index contributed by atoms with van der Waals surface area (Å²) < 4.78 is 36.9. The summed E-state index contributed by atoms with van der Waals surface area (Å²) in [5.74, 6) is -3.36. The van der Waals surface area contributed by atoms with Gasteiger partial charge < -0.3 is 14.6 Å². The van der Waals surface area contributed by atoms with Crippen molar-refractivity contribution < 1.29 is 18.3 Å². The Labute approximate surface area is 175 Å². The number of nitrogens with zero attached hydrogens (tertiary/aromatic N) is 6. The molecule has 0 aromatic carbocycles. The Morgan fingerprint density at radius 2 is 2.03 bits per heavy atom. The molecule has 11 heteroatoms. The van der Waals surface area contributed by atoms with Crippen LogP contribution in [0.3, 0.4) is 0 Å². The van der Waals surface area contributed by atoms with Gasteiger partial charge in [0.1, 0.15) is 11.6 Å². The second kappa shape index (κ2) is 7.42. The number of nitrogens with one attached hydrogen (secondary N) is 1. The fourth-order valence-electron chi connectivity index (χ4n) is 3.16. The van der Waals surface area contributed by atoms with E-state index in [2.05, 4.69) is 25.4 Å². The monoisotopic (exact) mass is 427 g/mol. The molecule has 0 bridgehead atoms. The van der Waals surface area contributed by atoms with Crippen LogP contribution in [0, 0.1) is 0 Å². The van der Waals surface area contributed by atoms with Gasteiger partial charge in [0.2, 0.25) is 17.6 Å². The lowest BCUT2D eigenvalue weighted by molar-refractivity contribution is -0.114. The van der Waals surface area contributed by atoms with Crippen molar-refractivity contribution in [1.29, 1.82) is 0 Å². The van der Waals surface area contributed by atoms with Gasteiger partial charge in [-0.2, -0.15) is 8.78 Å². The Hall–Kier alpha value is -3.89. The van der Waals surface area contributed by atoms with Crippen LogP contribution in [0.1, 0.15) is 19.7 Å². The number of methoxy groups -OCH3 is 1. The van der Waals surface area contributed by atoms with Gasteiger partial charge in [-0.15, -0.1) is 5.10 Å². The van der Waals surface area contributed by atoms with Crippen LogP contribution in [0.5, 0.6) is 5.88 Å². The molecule has 0 saturated carbocycles. The zero-order chi connectivity index (χ0) is 22.3. The maximum absolute atomic E-state index is 14.2. The predicted octanol–water partition coefficient (Wildman–Crippen LogP) is 3.29. The van der Waals surface area contributed by atoms with E-state index in [0.717, 1.165) is 12.3 Å². The van der Waals surface area contributed by atoms with E-state index in [1.807, 2.05) is 0 Å². The van der Waals surface area contributed by atoms with E-state index in [4.69, 9.17) is 4.74 Å². The molecule has 0 aliphatic heterocycles. The number of hydrogen-bond acceptors (Lipinski definition) is 6. The van der Waals surface area contributed by atoms with Crippen molar-refractivity contribution in [3.63, 3.8) is 0 Å². The van der Waals surface area contributed by atoms with E-state index in [1.54, 1.807) is 48.4 Å². The number of rotatable bonds is 5. The van der Waals surface area contributed by atoms with E-state index >= 15 is 0 Å². The number of ether oxygens (including phenoxy) is 1. The quantitative estimate of drug-likeness (QED) is 0.525. The molecule has 0 fully saturated rings. The Kier molecular flexibility index (Phi) is 4.88. The van der Waals surface area contributed by atoms with Crippen LogP contribution >= 0.6 is 0 Å². The number of aromatic nitrogens is 6. The minimum Gasteiger partial charge on any atom is -0.479 e. The van der Waals surface area contributed by atoms with Gasteiger partial charge in [0.15, 0.2) is 0 Å². The lowest BCUT2D eigenvalue weighted by atomic mass is 10.2. The highest BCUT2D eigenvalue weighted by atomic mass is 19.3. The fraction of sp³-hybridized carbons (Fsp3) is 0.250. The lowest BCUT2D eigenvalue weighted by Gasteiger charge is -2.14. The standard InChI is InChI=1S/C20H19F2N7O2/c1-11(30)24-16-8-15-12(9-23-16)5-6-29(15)17-7-14(25-19(26-17)20(2,21)22)13-10-28(3)27-18(13)31-4/h5-10H,1-4H3,(H,23,24,30). The number of halogens is 2. The summed E-state index contributed by atoms with van der Waals surface area (Å²) in [6, 6.07) is 5.00. The van der Waals surface area contributed by atoms with Gasteiger partial charge in [0.25, 0.3) is 0 Å². The van der Waals surface area contributed by atoms with E-state index in [1.165, 1.54) is 18.7 Å². The van der Waals surface area contributed by atoms with Crippen molar-refractivity contribution in [2.75, 3.05) is 12.4 Å². The van der Waals surface area contributed by atoms with E-state index in [0.29, 0.717) is 16.9 Å². The SMILES string of the molecule is COc1nn(C)cc1-c1cc(-n2ccc3cnc(NC(C)=O)cc32)nc(C(C)(F)F)n1. The molecule has 0 spiro atoms. The highest BCUT2D eigenvalue weighted by molar-refractivity contribution is 5.91. The summed E-state index contributed by atoms with van der Waals surface area (Å²) >= 11 is 0. The van der Waals surface area contributed by atoms with E-state index in [-0.39, 0.29) is 23.3 Å². The summed E-state index contributed by atoms with van der Waals surface area (Å²) in [6.07, 6.45) is 4.90. The maximum Gasteiger partial charge on any atom is 0.303 e. The van der Waals surface area contributed by atoms with Crippen molar-refractivity contribution in [2.45, 2.75) is 19.8 Å². The van der Waals surface area contributed by atoms with Gasteiger partial charge in [-0.1, -0.05) is 0 Å². The van der Waals surface area contributed by atoms with Crippen LogP contribution in [0.4, 0.5) is 14.6 Å². The summed E-state index contributed by atoms with van der Waals surface area (Å²) in [5, 5.41) is 7.53. The minimum atomic E-state index is -3.27. The van der Waals surface area contributed by atoms with Gasteiger partial charge in [0, 0.05) is 57.0 Å². The molecule has 0 atom stereocenters. The number of alkyl halides is 2. The fourth-order valence-corrected chi connectivity index (χ4v) is 3.16. The molecule has 4 rings (SSSR count). The van der Waals surface area contributed by atoms with Crippen LogP contribution in [-0.2, 0) is 17.8 Å².